The van der Waals surface area contributed by atoms with Crippen LogP contribution in [0.25, 0.3) is 33.4 Å². The van der Waals surface area contributed by atoms with Crippen molar-refractivity contribution in [3.63, 3.8) is 0 Å². The summed E-state index contributed by atoms with van der Waals surface area (Å²) in [5.41, 5.74) is 16.3. The van der Waals surface area contributed by atoms with E-state index in [1.165, 1.54) is 79.6 Å². The van der Waals surface area contributed by atoms with Crippen LogP contribution in [0.3, 0.4) is 0 Å². The second-order valence-electron chi connectivity index (χ2n) is 14.6. The molecular weight excluding hydrogens is 703 g/mol. The van der Waals surface area contributed by atoms with Gasteiger partial charge in [-0.3, -0.25) is 6.08 Å². The summed E-state index contributed by atoms with van der Waals surface area (Å²) in [7, 11) is 0. The largest absolute Gasteiger partial charge is 1.00 e. The van der Waals surface area contributed by atoms with E-state index in [1.54, 1.807) is 27.4 Å². The van der Waals surface area contributed by atoms with Crippen LogP contribution in [-0.2, 0) is 41.5 Å². The number of fused-ring (bicyclic) bond motifs is 3. The van der Waals surface area contributed by atoms with Crippen LogP contribution in [0.2, 0.25) is 0 Å². The van der Waals surface area contributed by atoms with E-state index in [-0.39, 0.29) is 35.6 Å². The van der Waals surface area contributed by atoms with Crippen molar-refractivity contribution in [1.82, 2.24) is 0 Å². The van der Waals surface area contributed by atoms with Gasteiger partial charge in [-0.05, 0) is 58.9 Å². The summed E-state index contributed by atoms with van der Waals surface area (Å²) in [5.74, 6) is 0. The van der Waals surface area contributed by atoms with Gasteiger partial charge in [-0.15, -0.1) is 35.2 Å². The Kier molecular flexibility index (Phi) is 15.8. The number of allylic oxidation sites excluding steroid dienone is 4. The minimum absolute atomic E-state index is 0. The summed E-state index contributed by atoms with van der Waals surface area (Å²) in [5, 5.41) is 0. The molecule has 0 aromatic heterocycles. The zero-order valence-electron chi connectivity index (χ0n) is 30.7. The van der Waals surface area contributed by atoms with Crippen molar-refractivity contribution < 1.29 is 49.0 Å². The Labute approximate surface area is 319 Å². The fourth-order valence-corrected chi connectivity index (χ4v) is 6.17. The van der Waals surface area contributed by atoms with Crippen molar-refractivity contribution in [1.29, 1.82) is 0 Å². The molecule has 0 N–H and O–H groups in total. The van der Waals surface area contributed by atoms with E-state index < -0.39 is 0 Å². The average Bonchev–Trinajstić information content (AvgIpc) is 3.71. The molecule has 4 aromatic carbocycles. The second kappa shape index (κ2) is 18.1. The van der Waals surface area contributed by atoms with Crippen molar-refractivity contribution in [3.8, 4) is 33.4 Å². The van der Waals surface area contributed by atoms with Gasteiger partial charge in [-0.1, -0.05) is 124 Å². The third-order valence-corrected chi connectivity index (χ3v) is 10.7. The Morgan fingerprint density at radius 1 is 0.688 bits per heavy atom. The molecule has 0 heterocycles. The molecule has 48 heavy (non-hydrogen) atoms. The molecular formula is C45H52Cl2Zr-2. The van der Waals surface area contributed by atoms with Crippen molar-refractivity contribution in [2.45, 2.75) is 106 Å². The van der Waals surface area contributed by atoms with Gasteiger partial charge in [-0.2, -0.15) is 6.08 Å². The van der Waals surface area contributed by atoms with E-state index in [2.05, 4.69) is 154 Å². The molecule has 3 heteroatoms. The summed E-state index contributed by atoms with van der Waals surface area (Å²) >= 11 is 1.62. The molecule has 2 aliphatic carbocycles. The average molecular weight is 755 g/mol. The predicted molar refractivity (Wildman–Crippen MR) is 198 cm³/mol. The Hall–Kier alpha value is -2.31. The molecule has 252 valence electrons. The molecule has 2 aliphatic rings. The van der Waals surface area contributed by atoms with Gasteiger partial charge in [0.25, 0.3) is 0 Å². The zero-order chi connectivity index (χ0) is 33.6. The first kappa shape index (κ1) is 41.9. The first-order chi connectivity index (χ1) is 21.8. The Morgan fingerprint density at radius 2 is 1.23 bits per heavy atom. The molecule has 0 radical (unpaired) electrons. The van der Waals surface area contributed by atoms with Crippen molar-refractivity contribution in [2.75, 3.05) is 0 Å². The maximum absolute atomic E-state index is 3.93. The molecule has 0 bridgehead atoms. The SMILES string of the molecule is CC[C](=[Zr+2])CC.Cc1ccccc1-c1[c-]c2c(cc1C(C)(C)C)-c1cc(C(C)(C)C)c(-c3ccccc3C)cc1C2.[C-]1=CC=CC1.[Cl-].[Cl-]. The third kappa shape index (κ3) is 10.1. The smallest absolute Gasteiger partial charge is 0.0126 e. The molecule has 6 rings (SSSR count). The van der Waals surface area contributed by atoms with Crippen LogP contribution in [0.5, 0.6) is 0 Å². The monoisotopic (exact) mass is 752 g/mol. The number of benzene rings is 4. The van der Waals surface area contributed by atoms with Crippen molar-refractivity contribution in [2.24, 2.45) is 0 Å². The van der Waals surface area contributed by atoms with Crippen LogP contribution in [0.15, 0.2) is 85.0 Å². The van der Waals surface area contributed by atoms with Gasteiger partial charge in [0, 0.05) is 0 Å². The molecule has 0 nitrogen and oxygen atoms in total. The first-order valence-corrected chi connectivity index (χ1v) is 18.2. The van der Waals surface area contributed by atoms with E-state index in [0.29, 0.717) is 0 Å². The zero-order valence-corrected chi connectivity index (χ0v) is 34.6. The normalized spacial score (nSPS) is 12.4. The van der Waals surface area contributed by atoms with Crippen LogP contribution in [-0.4, -0.2) is 3.21 Å². The summed E-state index contributed by atoms with van der Waals surface area (Å²) in [6.07, 6.45) is 13.5. The van der Waals surface area contributed by atoms with E-state index >= 15 is 0 Å². The van der Waals surface area contributed by atoms with E-state index in [1.807, 2.05) is 12.2 Å². The minimum Gasteiger partial charge on any atom is -1.00 e. The van der Waals surface area contributed by atoms with Gasteiger partial charge < -0.3 is 24.8 Å². The van der Waals surface area contributed by atoms with Crippen LogP contribution in [0, 0.1) is 26.0 Å². The third-order valence-electron chi connectivity index (χ3n) is 8.96. The summed E-state index contributed by atoms with van der Waals surface area (Å²) in [6.45, 7) is 22.8. The molecule has 0 spiro atoms. The number of hydrogen-bond donors (Lipinski definition) is 0. The predicted octanol–water partition coefficient (Wildman–Crippen LogP) is 6.44. The van der Waals surface area contributed by atoms with E-state index in [4.69, 9.17) is 0 Å². The van der Waals surface area contributed by atoms with Gasteiger partial charge in [-0.25, -0.2) is 12.2 Å². The minimum atomic E-state index is 0. The molecule has 0 saturated carbocycles. The van der Waals surface area contributed by atoms with Crippen LogP contribution < -0.4 is 24.8 Å². The van der Waals surface area contributed by atoms with Gasteiger partial charge in [0.2, 0.25) is 0 Å². The summed E-state index contributed by atoms with van der Waals surface area (Å²) in [6, 6.07) is 28.9. The summed E-state index contributed by atoms with van der Waals surface area (Å²) in [4.78, 5) is 0. The number of aryl methyl sites for hydroxylation is 2. The number of hydrogen-bond acceptors (Lipinski definition) is 0. The molecule has 0 saturated heterocycles. The topological polar surface area (TPSA) is 0 Å². The van der Waals surface area contributed by atoms with Crippen LogP contribution >= 0.6 is 0 Å². The van der Waals surface area contributed by atoms with Crippen molar-refractivity contribution >= 4 is 3.21 Å². The van der Waals surface area contributed by atoms with Crippen LogP contribution in [0.4, 0.5) is 0 Å². The van der Waals surface area contributed by atoms with Gasteiger partial charge in [0.05, 0.1) is 0 Å². The maximum Gasteiger partial charge on any atom is -0.0126 e. The van der Waals surface area contributed by atoms with Gasteiger partial charge >= 0.3 is 54.1 Å². The van der Waals surface area contributed by atoms with Crippen LogP contribution in [0.1, 0.15) is 108 Å². The Balaban J connectivity index is 0.000000528. The second-order valence-corrected chi connectivity index (χ2v) is 16.4. The quantitative estimate of drug-likeness (QED) is 0.186. The molecule has 0 atom stereocenters. The molecule has 4 aromatic rings. The standard InChI is InChI=1S/C35H37.C5H5.C5H10.2ClH.Zr/c1-22-13-9-11-15-26(22)30-18-24-17-25-19-31(27-16-12-10-14-23(27)2)33(35(6,7)8)21-29(25)28(24)20-32(30)34(3,4)5;1-2-4-5-3-1;1-3-5-4-2;;;/h9-16,18,20-21H,17H2,1-8H3;1-3H,4H2;3-4H2,1-2H3;2*1H;/q2*-1;;;;+2/p-2. The maximum atomic E-state index is 3.93. The molecule has 0 unspecified atom stereocenters. The fraction of sp³-hybridized carbons (Fsp3) is 0.356. The van der Waals surface area contributed by atoms with Crippen molar-refractivity contribution in [3.05, 3.63) is 130 Å². The fourth-order valence-electron chi connectivity index (χ4n) is 6.17. The van der Waals surface area contributed by atoms with E-state index in [9.17, 15) is 0 Å². The molecule has 0 fully saturated rings. The Morgan fingerprint density at radius 3 is 1.67 bits per heavy atom. The number of halogens is 2. The first-order valence-electron chi connectivity index (χ1n) is 16.9. The number of rotatable bonds is 4. The van der Waals surface area contributed by atoms with Gasteiger partial charge in [0.15, 0.2) is 0 Å². The van der Waals surface area contributed by atoms with Gasteiger partial charge in [0.1, 0.15) is 0 Å². The van der Waals surface area contributed by atoms with E-state index in [0.717, 1.165) is 12.8 Å². The summed E-state index contributed by atoms with van der Waals surface area (Å²) < 4.78 is 1.68. The molecule has 0 amide bonds. The Bertz CT molecular complexity index is 1630. The molecule has 0 aliphatic heterocycles.